The summed E-state index contributed by atoms with van der Waals surface area (Å²) in [6.45, 7) is 0.353. The Morgan fingerprint density at radius 2 is 2.21 bits per heavy atom. The van der Waals surface area contributed by atoms with Crippen LogP contribution in [0.1, 0.15) is 16.2 Å². The third-order valence-corrected chi connectivity index (χ3v) is 2.55. The van der Waals surface area contributed by atoms with E-state index < -0.39 is 5.97 Å². The fourth-order valence-electron chi connectivity index (χ4n) is 1.10. The maximum atomic E-state index is 11.3. The van der Waals surface area contributed by atoms with Gasteiger partial charge in [-0.1, -0.05) is 0 Å². The van der Waals surface area contributed by atoms with Crippen molar-refractivity contribution in [2.45, 2.75) is 6.61 Å². The van der Waals surface area contributed by atoms with Crippen LogP contribution in [0.15, 0.2) is 4.47 Å². The number of carbonyl (C=O) groups is 1. The van der Waals surface area contributed by atoms with Gasteiger partial charge in [-0.05, 0) is 15.9 Å². The van der Waals surface area contributed by atoms with Gasteiger partial charge < -0.3 is 9.47 Å². The lowest BCUT2D eigenvalue weighted by Gasteiger charge is -1.98. The zero-order valence-electron chi connectivity index (χ0n) is 8.20. The van der Waals surface area contributed by atoms with Crippen molar-refractivity contribution in [2.24, 2.45) is 7.05 Å². The van der Waals surface area contributed by atoms with Gasteiger partial charge in [0.1, 0.15) is 5.69 Å². The van der Waals surface area contributed by atoms with Gasteiger partial charge in [0.2, 0.25) is 0 Å². The highest BCUT2D eigenvalue weighted by atomic mass is 79.9. The lowest BCUT2D eigenvalue weighted by atomic mass is 10.3. The van der Waals surface area contributed by atoms with Crippen LogP contribution >= 0.6 is 15.9 Å². The van der Waals surface area contributed by atoms with Crippen molar-refractivity contribution in [1.29, 1.82) is 0 Å². The summed E-state index contributed by atoms with van der Waals surface area (Å²) < 4.78 is 11.6. The molecule has 0 N–H and O–H groups in total. The molecule has 0 unspecified atom stereocenters. The van der Waals surface area contributed by atoms with Gasteiger partial charge >= 0.3 is 5.97 Å². The van der Waals surface area contributed by atoms with Crippen LogP contribution in [-0.4, -0.2) is 30.0 Å². The molecule has 0 radical (unpaired) electrons. The monoisotopic (exact) mass is 262 g/mol. The summed E-state index contributed by atoms with van der Waals surface area (Å²) in [5.74, 6) is -0.422. The number of hydrogen-bond acceptors (Lipinski definition) is 4. The number of aryl methyl sites for hydroxylation is 1. The Kier molecular flexibility index (Phi) is 3.65. The number of carbonyl (C=O) groups excluding carboxylic acids is 1. The molecule has 0 aliphatic heterocycles. The fraction of sp³-hybridized carbons (Fsp3) is 0.500. The Labute approximate surface area is 90.1 Å². The molecular weight excluding hydrogens is 252 g/mol. The number of hydrogen-bond donors (Lipinski definition) is 0. The molecule has 0 bridgehead atoms. The molecule has 1 aromatic rings. The van der Waals surface area contributed by atoms with E-state index in [9.17, 15) is 4.79 Å². The van der Waals surface area contributed by atoms with E-state index in [1.807, 2.05) is 0 Å². The Bertz CT molecular complexity index is 349. The Morgan fingerprint density at radius 3 is 2.71 bits per heavy atom. The molecule has 0 aliphatic rings. The van der Waals surface area contributed by atoms with E-state index in [1.54, 1.807) is 14.2 Å². The summed E-state index contributed by atoms with van der Waals surface area (Å²) in [7, 11) is 4.58. The molecule has 0 aromatic carbocycles. The molecule has 1 aromatic heterocycles. The average molecular weight is 263 g/mol. The third kappa shape index (κ3) is 1.96. The van der Waals surface area contributed by atoms with Crippen LogP contribution in [-0.2, 0) is 23.1 Å². The number of rotatable bonds is 3. The number of esters is 1. The van der Waals surface area contributed by atoms with Crippen LogP contribution in [0.3, 0.4) is 0 Å². The summed E-state index contributed by atoms with van der Waals surface area (Å²) in [6.07, 6.45) is 0. The van der Waals surface area contributed by atoms with Crippen molar-refractivity contribution >= 4 is 21.9 Å². The van der Waals surface area contributed by atoms with Crippen LogP contribution in [0.4, 0.5) is 0 Å². The van der Waals surface area contributed by atoms with E-state index >= 15 is 0 Å². The zero-order chi connectivity index (χ0) is 10.7. The van der Waals surface area contributed by atoms with E-state index in [2.05, 4.69) is 25.8 Å². The van der Waals surface area contributed by atoms with Crippen molar-refractivity contribution < 1.29 is 14.3 Å². The van der Waals surface area contributed by atoms with Crippen LogP contribution < -0.4 is 0 Å². The highest BCUT2D eigenvalue weighted by molar-refractivity contribution is 9.10. The molecule has 0 aliphatic carbocycles. The SMILES string of the molecule is COCc1nn(C)c(C(=O)OC)c1Br. The number of ether oxygens (including phenoxy) is 2. The second kappa shape index (κ2) is 4.56. The first-order chi connectivity index (χ1) is 6.61. The van der Waals surface area contributed by atoms with Crippen LogP contribution in [0.5, 0.6) is 0 Å². The minimum Gasteiger partial charge on any atom is -0.464 e. The van der Waals surface area contributed by atoms with E-state index in [0.717, 1.165) is 0 Å². The topological polar surface area (TPSA) is 53.4 Å². The minimum atomic E-state index is -0.422. The standard InChI is InChI=1S/C8H11BrN2O3/c1-11-7(8(12)14-3)6(9)5(10-11)4-13-2/h4H2,1-3H3. The van der Waals surface area contributed by atoms with Gasteiger partial charge in [0.15, 0.2) is 5.69 Å². The second-order valence-electron chi connectivity index (χ2n) is 2.66. The second-order valence-corrected chi connectivity index (χ2v) is 3.45. The maximum Gasteiger partial charge on any atom is 0.357 e. The van der Waals surface area contributed by atoms with Crippen molar-refractivity contribution in [3.8, 4) is 0 Å². The molecule has 0 amide bonds. The molecule has 0 saturated carbocycles. The van der Waals surface area contributed by atoms with Crippen LogP contribution in [0.25, 0.3) is 0 Å². The largest absolute Gasteiger partial charge is 0.464 e. The van der Waals surface area contributed by atoms with Gasteiger partial charge in [-0.25, -0.2) is 4.79 Å². The van der Waals surface area contributed by atoms with Gasteiger partial charge in [0.05, 0.1) is 18.2 Å². The van der Waals surface area contributed by atoms with E-state index in [0.29, 0.717) is 22.5 Å². The van der Waals surface area contributed by atoms with E-state index in [-0.39, 0.29) is 0 Å². The van der Waals surface area contributed by atoms with Gasteiger partial charge in [-0.15, -0.1) is 0 Å². The molecule has 5 nitrogen and oxygen atoms in total. The zero-order valence-corrected chi connectivity index (χ0v) is 9.79. The Balaban J connectivity index is 3.11. The fourth-order valence-corrected chi connectivity index (χ4v) is 1.71. The van der Waals surface area contributed by atoms with Gasteiger partial charge in [0, 0.05) is 14.2 Å². The number of nitrogens with zero attached hydrogens (tertiary/aromatic N) is 2. The molecule has 1 rings (SSSR count). The Hall–Kier alpha value is -0.880. The highest BCUT2D eigenvalue weighted by Gasteiger charge is 2.20. The highest BCUT2D eigenvalue weighted by Crippen LogP contribution is 2.22. The smallest absolute Gasteiger partial charge is 0.357 e. The molecule has 0 atom stereocenters. The van der Waals surface area contributed by atoms with Crippen molar-refractivity contribution in [2.75, 3.05) is 14.2 Å². The molecule has 78 valence electrons. The lowest BCUT2D eigenvalue weighted by Crippen LogP contribution is -2.08. The average Bonchev–Trinajstić information content (AvgIpc) is 2.42. The third-order valence-electron chi connectivity index (χ3n) is 1.72. The summed E-state index contributed by atoms with van der Waals surface area (Å²) in [6, 6.07) is 0. The quantitative estimate of drug-likeness (QED) is 0.767. The van der Waals surface area contributed by atoms with Crippen molar-refractivity contribution in [3.05, 3.63) is 15.9 Å². The molecule has 1 heterocycles. The lowest BCUT2D eigenvalue weighted by molar-refractivity contribution is 0.0587. The normalized spacial score (nSPS) is 10.3. The first-order valence-corrected chi connectivity index (χ1v) is 4.69. The summed E-state index contributed by atoms with van der Waals surface area (Å²) in [5.41, 5.74) is 1.06. The Morgan fingerprint density at radius 1 is 1.57 bits per heavy atom. The predicted octanol–water partition coefficient (Wildman–Crippen LogP) is 1.12. The van der Waals surface area contributed by atoms with Crippen LogP contribution in [0, 0.1) is 0 Å². The van der Waals surface area contributed by atoms with Gasteiger partial charge in [-0.2, -0.15) is 5.10 Å². The first-order valence-electron chi connectivity index (χ1n) is 3.90. The predicted molar refractivity (Wildman–Crippen MR) is 53.0 cm³/mol. The van der Waals surface area contributed by atoms with E-state index in [4.69, 9.17) is 4.74 Å². The van der Waals surface area contributed by atoms with Gasteiger partial charge in [0.25, 0.3) is 0 Å². The summed E-state index contributed by atoms with van der Waals surface area (Å²) >= 11 is 3.28. The molecule has 14 heavy (non-hydrogen) atoms. The molecule has 0 saturated heterocycles. The number of aromatic nitrogens is 2. The molecule has 0 fully saturated rings. The van der Waals surface area contributed by atoms with Gasteiger partial charge in [-0.3, -0.25) is 4.68 Å². The molecule has 0 spiro atoms. The summed E-state index contributed by atoms with van der Waals surface area (Å²) in [5, 5.41) is 4.11. The van der Waals surface area contributed by atoms with Crippen molar-refractivity contribution in [1.82, 2.24) is 9.78 Å². The first kappa shape index (κ1) is 11.2. The number of halogens is 1. The van der Waals surface area contributed by atoms with Crippen molar-refractivity contribution in [3.63, 3.8) is 0 Å². The van der Waals surface area contributed by atoms with Crippen LogP contribution in [0.2, 0.25) is 0 Å². The maximum absolute atomic E-state index is 11.3. The summed E-state index contributed by atoms with van der Waals surface area (Å²) in [4.78, 5) is 11.3. The number of methoxy groups -OCH3 is 2. The molecular formula is C8H11BrN2O3. The van der Waals surface area contributed by atoms with E-state index in [1.165, 1.54) is 11.8 Å². The minimum absolute atomic E-state index is 0.353. The molecule has 6 heteroatoms.